The van der Waals surface area contributed by atoms with E-state index in [-0.39, 0.29) is 12.1 Å². The number of hydrogen-bond acceptors (Lipinski definition) is 1. The van der Waals surface area contributed by atoms with Crippen LogP contribution in [0.25, 0.3) is 0 Å². The van der Waals surface area contributed by atoms with E-state index in [4.69, 9.17) is 5.11 Å². The Balaban J connectivity index is 2.28. The molecule has 0 aliphatic heterocycles. The van der Waals surface area contributed by atoms with Gasteiger partial charge in [-0.1, -0.05) is 12.1 Å². The van der Waals surface area contributed by atoms with Gasteiger partial charge in [-0.3, -0.25) is 0 Å². The smallest absolute Gasteiger partial charge is 0.416 e. The van der Waals surface area contributed by atoms with E-state index in [1.807, 2.05) is 0 Å². The predicted octanol–water partition coefficient (Wildman–Crippen LogP) is 4.02. The molecular formula is C13H9BrF3NO2. The number of rotatable bonds is 3. The van der Waals surface area contributed by atoms with Crippen LogP contribution in [-0.4, -0.2) is 15.6 Å². The highest BCUT2D eigenvalue weighted by Gasteiger charge is 2.30. The van der Waals surface area contributed by atoms with Gasteiger partial charge in [0.2, 0.25) is 0 Å². The minimum atomic E-state index is -4.39. The summed E-state index contributed by atoms with van der Waals surface area (Å²) in [4.78, 5) is 10.8. The molecule has 0 aliphatic carbocycles. The monoisotopic (exact) mass is 347 g/mol. The maximum absolute atomic E-state index is 12.6. The van der Waals surface area contributed by atoms with E-state index in [1.165, 1.54) is 22.9 Å². The number of halogens is 4. The Morgan fingerprint density at radius 1 is 1.30 bits per heavy atom. The normalized spacial score (nSPS) is 11.6. The third-order valence-electron chi connectivity index (χ3n) is 2.70. The number of aromatic carboxylic acids is 1. The fraction of sp³-hybridized carbons (Fsp3) is 0.154. The van der Waals surface area contributed by atoms with Crippen molar-refractivity contribution < 1.29 is 23.1 Å². The molecule has 1 aromatic heterocycles. The van der Waals surface area contributed by atoms with Crippen molar-refractivity contribution >= 4 is 21.9 Å². The molecule has 0 spiro atoms. The van der Waals surface area contributed by atoms with E-state index in [0.717, 1.165) is 12.1 Å². The summed E-state index contributed by atoms with van der Waals surface area (Å²) in [6.45, 7) is 0.151. The van der Waals surface area contributed by atoms with Gasteiger partial charge in [0, 0.05) is 12.7 Å². The molecule has 0 fully saturated rings. The Hall–Kier alpha value is -1.76. The molecule has 1 N–H and O–H groups in total. The minimum absolute atomic E-state index is 0.0730. The van der Waals surface area contributed by atoms with Crippen LogP contribution in [0.2, 0.25) is 0 Å². The highest BCUT2D eigenvalue weighted by molar-refractivity contribution is 9.10. The summed E-state index contributed by atoms with van der Waals surface area (Å²) in [7, 11) is 0. The van der Waals surface area contributed by atoms with Gasteiger partial charge in [-0.15, -0.1) is 0 Å². The van der Waals surface area contributed by atoms with Crippen LogP contribution in [0.15, 0.2) is 41.1 Å². The van der Waals surface area contributed by atoms with Crippen LogP contribution in [-0.2, 0) is 12.7 Å². The van der Waals surface area contributed by atoms with Crippen molar-refractivity contribution in [3.8, 4) is 0 Å². The topological polar surface area (TPSA) is 42.2 Å². The molecule has 0 amide bonds. The molecular weight excluding hydrogens is 339 g/mol. The van der Waals surface area contributed by atoms with Crippen molar-refractivity contribution in [2.45, 2.75) is 12.7 Å². The number of carboxylic acids is 1. The number of hydrogen-bond donors (Lipinski definition) is 1. The Labute approximate surface area is 120 Å². The van der Waals surface area contributed by atoms with Crippen LogP contribution in [0.4, 0.5) is 13.2 Å². The highest BCUT2D eigenvalue weighted by atomic mass is 79.9. The summed E-state index contributed by atoms with van der Waals surface area (Å²) >= 11 is 3.18. The quantitative estimate of drug-likeness (QED) is 0.911. The third kappa shape index (κ3) is 3.22. The van der Waals surface area contributed by atoms with Gasteiger partial charge in [-0.2, -0.15) is 13.2 Å². The van der Waals surface area contributed by atoms with Crippen molar-refractivity contribution in [3.63, 3.8) is 0 Å². The first kappa shape index (κ1) is 14.6. The Kier molecular flexibility index (Phi) is 3.89. The van der Waals surface area contributed by atoms with Crippen LogP contribution >= 0.6 is 15.9 Å². The number of alkyl halides is 3. The lowest BCUT2D eigenvalue weighted by Crippen LogP contribution is -2.06. The van der Waals surface area contributed by atoms with E-state index in [1.54, 1.807) is 6.07 Å². The SMILES string of the molecule is O=C(O)c1cc(Br)n(Cc2cccc(C(F)(F)F)c2)c1. The first-order chi connectivity index (χ1) is 9.27. The molecule has 1 aromatic carbocycles. The molecule has 0 saturated carbocycles. The molecule has 3 nitrogen and oxygen atoms in total. The number of carboxylic acid groups (broad SMARTS) is 1. The second kappa shape index (κ2) is 5.32. The molecule has 7 heteroatoms. The summed E-state index contributed by atoms with van der Waals surface area (Å²) in [5, 5.41) is 8.86. The van der Waals surface area contributed by atoms with Crippen molar-refractivity contribution in [1.29, 1.82) is 0 Å². The zero-order chi connectivity index (χ0) is 14.9. The van der Waals surface area contributed by atoms with E-state index in [9.17, 15) is 18.0 Å². The van der Waals surface area contributed by atoms with E-state index < -0.39 is 17.7 Å². The van der Waals surface area contributed by atoms with Crippen LogP contribution in [0.5, 0.6) is 0 Å². The lowest BCUT2D eigenvalue weighted by atomic mass is 10.1. The summed E-state index contributed by atoms with van der Waals surface area (Å²) in [5.74, 6) is -1.09. The number of benzene rings is 1. The molecule has 20 heavy (non-hydrogen) atoms. The minimum Gasteiger partial charge on any atom is -0.478 e. The zero-order valence-electron chi connectivity index (χ0n) is 9.99. The first-order valence-corrected chi connectivity index (χ1v) is 6.32. The Morgan fingerprint density at radius 2 is 2.00 bits per heavy atom. The van der Waals surface area contributed by atoms with E-state index in [0.29, 0.717) is 10.2 Å². The van der Waals surface area contributed by atoms with Crippen LogP contribution in [0.3, 0.4) is 0 Å². The summed E-state index contributed by atoms with van der Waals surface area (Å²) in [5.41, 5.74) is -0.214. The molecule has 1 heterocycles. The van der Waals surface area contributed by atoms with Crippen LogP contribution in [0.1, 0.15) is 21.5 Å². The molecule has 0 unspecified atom stereocenters. The number of aromatic nitrogens is 1. The molecule has 106 valence electrons. The third-order valence-corrected chi connectivity index (χ3v) is 3.38. The fourth-order valence-electron chi connectivity index (χ4n) is 1.76. The molecule has 0 radical (unpaired) electrons. The molecule has 2 aromatic rings. The average Bonchev–Trinajstić information content (AvgIpc) is 2.70. The van der Waals surface area contributed by atoms with Crippen molar-refractivity contribution in [2.24, 2.45) is 0 Å². The van der Waals surface area contributed by atoms with Gasteiger partial charge in [0.1, 0.15) is 0 Å². The van der Waals surface area contributed by atoms with E-state index >= 15 is 0 Å². The van der Waals surface area contributed by atoms with E-state index in [2.05, 4.69) is 15.9 Å². The molecule has 0 bridgehead atoms. The first-order valence-electron chi connectivity index (χ1n) is 5.52. The van der Waals surface area contributed by atoms with Crippen molar-refractivity contribution in [3.05, 3.63) is 57.8 Å². The molecule has 0 atom stereocenters. The second-order valence-corrected chi connectivity index (χ2v) is 5.00. The van der Waals surface area contributed by atoms with Gasteiger partial charge in [-0.25, -0.2) is 4.79 Å². The standard InChI is InChI=1S/C13H9BrF3NO2/c14-11-5-9(12(19)20)7-18(11)6-8-2-1-3-10(4-8)13(15,16)17/h1-5,7H,6H2,(H,19,20). The predicted molar refractivity (Wildman–Crippen MR) is 69.6 cm³/mol. The Morgan fingerprint density at radius 3 is 2.55 bits per heavy atom. The molecule has 2 rings (SSSR count). The maximum Gasteiger partial charge on any atom is 0.416 e. The zero-order valence-corrected chi connectivity index (χ0v) is 11.6. The highest BCUT2D eigenvalue weighted by Crippen LogP contribution is 2.30. The maximum atomic E-state index is 12.6. The number of nitrogens with zero attached hydrogens (tertiary/aromatic N) is 1. The van der Waals surface area contributed by atoms with Gasteiger partial charge < -0.3 is 9.67 Å². The van der Waals surface area contributed by atoms with Crippen molar-refractivity contribution in [2.75, 3.05) is 0 Å². The van der Waals surface area contributed by atoms with Crippen LogP contribution in [0, 0.1) is 0 Å². The van der Waals surface area contributed by atoms with Gasteiger partial charge in [0.15, 0.2) is 0 Å². The summed E-state index contributed by atoms with van der Waals surface area (Å²) < 4.78 is 39.8. The second-order valence-electron chi connectivity index (χ2n) is 4.18. The summed E-state index contributed by atoms with van der Waals surface area (Å²) in [6.07, 6.45) is -3.02. The molecule has 0 aliphatic rings. The fourth-order valence-corrected chi connectivity index (χ4v) is 2.23. The van der Waals surface area contributed by atoms with Gasteiger partial charge in [0.25, 0.3) is 0 Å². The van der Waals surface area contributed by atoms with Crippen molar-refractivity contribution in [1.82, 2.24) is 4.57 Å². The van der Waals surface area contributed by atoms with Gasteiger partial charge in [-0.05, 0) is 39.7 Å². The lowest BCUT2D eigenvalue weighted by Gasteiger charge is -2.10. The average molecular weight is 348 g/mol. The van der Waals surface area contributed by atoms with Crippen LogP contribution < -0.4 is 0 Å². The molecule has 0 saturated heterocycles. The summed E-state index contributed by atoms with van der Waals surface area (Å²) in [6, 6.07) is 6.33. The largest absolute Gasteiger partial charge is 0.478 e. The Bertz CT molecular complexity index is 649. The number of carbonyl (C=O) groups is 1. The van der Waals surface area contributed by atoms with Gasteiger partial charge >= 0.3 is 12.1 Å². The lowest BCUT2D eigenvalue weighted by molar-refractivity contribution is -0.137. The van der Waals surface area contributed by atoms with Gasteiger partial charge in [0.05, 0.1) is 15.7 Å².